The molecule has 0 radical (unpaired) electrons. The molecular weight excluding hydrogens is 785 g/mol. The third-order valence-corrected chi connectivity index (χ3v) is 14.3. The van der Waals surface area contributed by atoms with E-state index in [0.717, 1.165) is 17.1 Å². The number of benzene rings is 11. The lowest BCUT2D eigenvalue weighted by Crippen LogP contribution is -2.30. The summed E-state index contributed by atoms with van der Waals surface area (Å²) in [5, 5.41) is 7.76. The van der Waals surface area contributed by atoms with Gasteiger partial charge in [-0.2, -0.15) is 0 Å². The standard InChI is InChI=1S/C63H40N2/c1-3-14-41(15-4-1)43-26-32-49(33-27-43)64(48-18-5-2-6-19-48)50-34-28-44(29-35-50)47-38-46-31-37-59-62-60(46)57(40-47)63(54-22-11-9-20-52(54)53-21-10-12-23-55(53)63)56-24-13-25-58(61(56)62)65(59)51-36-30-42-16-7-8-17-45(42)39-51/h1-40H. The number of aromatic nitrogens is 1. The molecule has 0 atom stereocenters. The quantitative estimate of drug-likeness (QED) is 0.162. The first-order chi connectivity index (χ1) is 32.2. The maximum Gasteiger partial charge on any atom is 0.0726 e. The van der Waals surface area contributed by atoms with Crippen LogP contribution in [-0.2, 0) is 5.41 Å². The average molecular weight is 825 g/mol. The van der Waals surface area contributed by atoms with E-state index < -0.39 is 5.41 Å². The molecule has 12 aromatic rings. The summed E-state index contributed by atoms with van der Waals surface area (Å²) in [5.41, 5.74) is 19.3. The molecule has 2 nitrogen and oxygen atoms in total. The fraction of sp³-hybridized carbons (Fsp3) is 0.0159. The summed E-state index contributed by atoms with van der Waals surface area (Å²) in [5.74, 6) is 0. The molecule has 2 aliphatic carbocycles. The summed E-state index contributed by atoms with van der Waals surface area (Å²) in [4.78, 5) is 2.35. The van der Waals surface area contributed by atoms with Crippen LogP contribution in [0.15, 0.2) is 243 Å². The van der Waals surface area contributed by atoms with Crippen LogP contribution in [0.4, 0.5) is 17.1 Å². The second-order valence-corrected chi connectivity index (χ2v) is 17.6. The number of anilines is 3. The Morgan fingerprint density at radius 1 is 0.292 bits per heavy atom. The van der Waals surface area contributed by atoms with Crippen molar-refractivity contribution in [2.45, 2.75) is 5.41 Å². The van der Waals surface area contributed by atoms with Crippen molar-refractivity contribution >= 4 is 60.4 Å². The van der Waals surface area contributed by atoms with Gasteiger partial charge < -0.3 is 9.47 Å². The Morgan fingerprint density at radius 3 is 1.54 bits per heavy atom. The molecule has 11 aromatic carbocycles. The minimum Gasteiger partial charge on any atom is -0.311 e. The van der Waals surface area contributed by atoms with Gasteiger partial charge in [-0.25, -0.2) is 0 Å². The maximum atomic E-state index is 2.53. The Bertz CT molecular complexity index is 3820. The normalized spacial score (nSPS) is 13.0. The Kier molecular flexibility index (Phi) is 7.64. The van der Waals surface area contributed by atoms with Gasteiger partial charge in [0.1, 0.15) is 0 Å². The van der Waals surface area contributed by atoms with E-state index in [9.17, 15) is 0 Å². The molecule has 0 saturated heterocycles. The Morgan fingerprint density at radius 2 is 0.831 bits per heavy atom. The first-order valence-electron chi connectivity index (χ1n) is 22.6. The van der Waals surface area contributed by atoms with Gasteiger partial charge >= 0.3 is 0 Å². The Balaban J connectivity index is 0.992. The van der Waals surface area contributed by atoms with E-state index in [1.165, 1.54) is 105 Å². The van der Waals surface area contributed by atoms with Gasteiger partial charge in [-0.3, -0.25) is 0 Å². The minimum absolute atomic E-state index is 0.520. The minimum atomic E-state index is -0.520. The number of hydrogen-bond acceptors (Lipinski definition) is 1. The van der Waals surface area contributed by atoms with E-state index in [-0.39, 0.29) is 0 Å². The fourth-order valence-corrected chi connectivity index (χ4v) is 11.6. The van der Waals surface area contributed by atoms with Gasteiger partial charge in [0.05, 0.1) is 16.4 Å². The first-order valence-corrected chi connectivity index (χ1v) is 22.6. The molecule has 0 amide bonds. The van der Waals surface area contributed by atoms with Crippen molar-refractivity contribution in [2.75, 3.05) is 4.90 Å². The van der Waals surface area contributed by atoms with Crippen molar-refractivity contribution in [1.29, 1.82) is 0 Å². The lowest BCUT2D eigenvalue weighted by molar-refractivity contribution is 0.783. The molecular formula is C63H40N2. The van der Waals surface area contributed by atoms with E-state index in [1.807, 2.05) is 0 Å². The zero-order valence-corrected chi connectivity index (χ0v) is 35.5. The highest BCUT2D eigenvalue weighted by Gasteiger charge is 2.50. The van der Waals surface area contributed by atoms with Gasteiger partial charge in [-0.15, -0.1) is 0 Å². The third kappa shape index (κ3) is 5.11. The third-order valence-electron chi connectivity index (χ3n) is 14.3. The van der Waals surface area contributed by atoms with E-state index in [1.54, 1.807) is 0 Å². The average Bonchev–Trinajstić information content (AvgIpc) is 3.88. The summed E-state index contributed by atoms with van der Waals surface area (Å²) in [7, 11) is 0. The highest BCUT2D eigenvalue weighted by Crippen LogP contribution is 2.62. The molecule has 1 heterocycles. The monoisotopic (exact) mass is 824 g/mol. The second-order valence-electron chi connectivity index (χ2n) is 17.6. The molecule has 0 saturated carbocycles. The van der Waals surface area contributed by atoms with Crippen LogP contribution in [0, 0.1) is 0 Å². The van der Waals surface area contributed by atoms with Gasteiger partial charge in [-0.1, -0.05) is 170 Å². The van der Waals surface area contributed by atoms with Crippen LogP contribution in [0.2, 0.25) is 0 Å². The van der Waals surface area contributed by atoms with Crippen molar-refractivity contribution in [3.63, 3.8) is 0 Å². The summed E-state index contributed by atoms with van der Waals surface area (Å²) >= 11 is 0. The fourth-order valence-electron chi connectivity index (χ4n) is 11.6. The van der Waals surface area contributed by atoms with Crippen LogP contribution < -0.4 is 4.90 Å². The topological polar surface area (TPSA) is 8.17 Å². The van der Waals surface area contributed by atoms with E-state index in [0.29, 0.717) is 0 Å². The Labute approximate surface area is 377 Å². The summed E-state index contributed by atoms with van der Waals surface area (Å²) in [6.45, 7) is 0. The lowest BCUT2D eigenvalue weighted by Gasteiger charge is -2.38. The van der Waals surface area contributed by atoms with E-state index >= 15 is 0 Å². The van der Waals surface area contributed by atoms with Crippen LogP contribution in [-0.4, -0.2) is 4.57 Å². The maximum absolute atomic E-state index is 2.53. The van der Waals surface area contributed by atoms with Crippen LogP contribution in [0.25, 0.3) is 82.4 Å². The highest BCUT2D eigenvalue weighted by molar-refractivity contribution is 6.27. The largest absolute Gasteiger partial charge is 0.311 e. The van der Waals surface area contributed by atoms with Crippen LogP contribution in [0.1, 0.15) is 22.3 Å². The number of fused-ring (bicyclic) bond motifs is 8. The molecule has 2 heteroatoms. The van der Waals surface area contributed by atoms with Crippen LogP contribution >= 0.6 is 0 Å². The van der Waals surface area contributed by atoms with Gasteiger partial charge in [-0.05, 0) is 150 Å². The van der Waals surface area contributed by atoms with E-state index in [4.69, 9.17) is 0 Å². The number of nitrogens with zero attached hydrogens (tertiary/aromatic N) is 2. The van der Waals surface area contributed by atoms with Crippen LogP contribution in [0.5, 0.6) is 0 Å². The van der Waals surface area contributed by atoms with Crippen molar-refractivity contribution in [3.05, 3.63) is 265 Å². The number of para-hydroxylation sites is 1. The molecule has 1 spiro atoms. The molecule has 2 aliphatic rings. The van der Waals surface area contributed by atoms with Gasteiger partial charge in [0, 0.05) is 33.5 Å². The first kappa shape index (κ1) is 36.1. The summed E-state index contributed by atoms with van der Waals surface area (Å²) < 4.78 is 2.51. The molecule has 302 valence electrons. The molecule has 1 aromatic heterocycles. The lowest BCUT2D eigenvalue weighted by atomic mass is 9.62. The van der Waals surface area contributed by atoms with Crippen molar-refractivity contribution in [1.82, 2.24) is 4.57 Å². The van der Waals surface area contributed by atoms with Crippen LogP contribution in [0.3, 0.4) is 0 Å². The van der Waals surface area contributed by atoms with Crippen molar-refractivity contribution in [2.24, 2.45) is 0 Å². The molecule has 14 rings (SSSR count). The Hall–Kier alpha value is -8.46. The summed E-state index contributed by atoms with van der Waals surface area (Å²) in [6.07, 6.45) is 0. The molecule has 0 bridgehead atoms. The van der Waals surface area contributed by atoms with Gasteiger partial charge in [0.25, 0.3) is 0 Å². The second kappa shape index (κ2) is 13.8. The number of hydrogen-bond donors (Lipinski definition) is 0. The predicted molar refractivity (Wildman–Crippen MR) is 272 cm³/mol. The molecule has 0 fully saturated rings. The SMILES string of the molecule is c1ccc(-c2ccc(N(c3ccccc3)c3ccc(-c4cc5c6c(ccc7c6c6c(cccc6n7-c6ccc7ccccc7c6)C56c5ccccc5-c5ccccc56)c4)cc3)cc2)cc1. The van der Waals surface area contributed by atoms with Crippen molar-refractivity contribution < 1.29 is 0 Å². The number of rotatable bonds is 6. The van der Waals surface area contributed by atoms with Gasteiger partial charge in [0.2, 0.25) is 0 Å². The zero-order chi connectivity index (χ0) is 42.6. The van der Waals surface area contributed by atoms with Gasteiger partial charge in [0.15, 0.2) is 0 Å². The molecule has 0 aliphatic heterocycles. The predicted octanol–water partition coefficient (Wildman–Crippen LogP) is 16.6. The molecule has 65 heavy (non-hydrogen) atoms. The van der Waals surface area contributed by atoms with Crippen molar-refractivity contribution in [3.8, 4) is 39.1 Å². The highest BCUT2D eigenvalue weighted by atomic mass is 15.1. The smallest absolute Gasteiger partial charge is 0.0726 e. The van der Waals surface area contributed by atoms with E-state index in [2.05, 4.69) is 252 Å². The molecule has 0 N–H and O–H groups in total. The zero-order valence-electron chi connectivity index (χ0n) is 35.5. The summed E-state index contributed by atoms with van der Waals surface area (Å²) in [6, 6.07) is 90.0. The molecule has 0 unspecified atom stereocenters.